The maximum Gasteiger partial charge on any atom is 0.303 e. The highest BCUT2D eigenvalue weighted by Gasteiger charge is 2.22. The van der Waals surface area contributed by atoms with Crippen LogP contribution in [0.4, 0.5) is 21.5 Å². The van der Waals surface area contributed by atoms with Gasteiger partial charge in [0, 0.05) is 36.6 Å². The van der Waals surface area contributed by atoms with Crippen LogP contribution in [0.15, 0.2) is 54.6 Å². The molecule has 1 heterocycles. The van der Waals surface area contributed by atoms with Crippen LogP contribution in [-0.2, 0) is 24.2 Å². The molecule has 0 amide bonds. The molecule has 0 unspecified atom stereocenters. The van der Waals surface area contributed by atoms with E-state index in [2.05, 4.69) is 60.5 Å². The molecular formula is C27H29FN2O2. The first-order chi connectivity index (χ1) is 15.4. The van der Waals surface area contributed by atoms with Gasteiger partial charge in [-0.05, 0) is 79.1 Å². The lowest BCUT2D eigenvalue weighted by Gasteiger charge is -2.34. The number of nitrogens with one attached hydrogen (secondary N) is 1. The highest BCUT2D eigenvalue weighted by molar-refractivity contribution is 5.74. The number of nitrogens with zero attached hydrogens (tertiary/aromatic N) is 1. The van der Waals surface area contributed by atoms with Crippen molar-refractivity contribution in [2.45, 2.75) is 46.1 Å². The molecular weight excluding hydrogens is 403 g/mol. The molecule has 4 nitrogen and oxygen atoms in total. The van der Waals surface area contributed by atoms with Crippen LogP contribution in [0.3, 0.4) is 0 Å². The summed E-state index contributed by atoms with van der Waals surface area (Å²) in [5, 5.41) is 12.1. The van der Waals surface area contributed by atoms with Crippen LogP contribution in [0.25, 0.3) is 0 Å². The molecule has 0 saturated carbocycles. The Morgan fingerprint density at radius 3 is 2.62 bits per heavy atom. The number of carboxylic acid groups (broad SMARTS) is 1. The normalized spacial score (nSPS) is 13.0. The highest BCUT2D eigenvalue weighted by atomic mass is 19.1. The van der Waals surface area contributed by atoms with Gasteiger partial charge in [-0.25, -0.2) is 4.39 Å². The molecule has 32 heavy (non-hydrogen) atoms. The molecule has 166 valence electrons. The second-order valence-corrected chi connectivity index (χ2v) is 8.45. The second-order valence-electron chi connectivity index (χ2n) is 8.45. The maximum absolute atomic E-state index is 14.4. The number of rotatable bonds is 7. The van der Waals surface area contributed by atoms with Gasteiger partial charge in [0.25, 0.3) is 0 Å². The van der Waals surface area contributed by atoms with E-state index in [1.54, 1.807) is 6.07 Å². The zero-order valence-electron chi connectivity index (χ0n) is 18.6. The minimum atomic E-state index is -0.922. The zero-order valence-corrected chi connectivity index (χ0v) is 18.6. The van der Waals surface area contributed by atoms with Gasteiger partial charge in [0.2, 0.25) is 0 Å². The average Bonchev–Trinajstić information content (AvgIpc) is 2.78. The number of hydrogen-bond donors (Lipinski definition) is 2. The summed E-state index contributed by atoms with van der Waals surface area (Å²) >= 11 is 0. The Bertz CT molecular complexity index is 1140. The van der Waals surface area contributed by atoms with Gasteiger partial charge in [-0.3, -0.25) is 4.79 Å². The number of fused-ring (bicyclic) bond motifs is 1. The third-order valence-electron chi connectivity index (χ3n) is 6.27. The largest absolute Gasteiger partial charge is 0.481 e. The van der Waals surface area contributed by atoms with Crippen LogP contribution in [0.1, 0.15) is 40.7 Å². The highest BCUT2D eigenvalue weighted by Crippen LogP contribution is 2.39. The lowest BCUT2D eigenvalue weighted by molar-refractivity contribution is -0.136. The number of halogens is 1. The van der Waals surface area contributed by atoms with Crippen LogP contribution < -0.4 is 10.2 Å². The molecule has 0 fully saturated rings. The van der Waals surface area contributed by atoms with E-state index in [9.17, 15) is 9.18 Å². The first-order valence-electron chi connectivity index (χ1n) is 11.1. The van der Waals surface area contributed by atoms with Gasteiger partial charge in [-0.2, -0.15) is 0 Å². The molecule has 0 spiro atoms. The zero-order chi connectivity index (χ0) is 22.7. The molecule has 3 aromatic carbocycles. The van der Waals surface area contributed by atoms with Crippen LogP contribution in [-0.4, -0.2) is 17.6 Å². The Morgan fingerprint density at radius 1 is 1.09 bits per heavy atom. The predicted octanol–water partition coefficient (Wildman–Crippen LogP) is 6.16. The summed E-state index contributed by atoms with van der Waals surface area (Å²) in [6.07, 6.45) is 2.33. The smallest absolute Gasteiger partial charge is 0.303 e. The van der Waals surface area contributed by atoms with E-state index < -0.39 is 5.97 Å². The van der Waals surface area contributed by atoms with Gasteiger partial charge >= 0.3 is 5.97 Å². The fraction of sp³-hybridized carbons (Fsp3) is 0.296. The van der Waals surface area contributed by atoms with Gasteiger partial charge in [0.05, 0.1) is 0 Å². The Kier molecular flexibility index (Phi) is 6.45. The second kappa shape index (κ2) is 9.43. The number of aryl methyl sites for hydroxylation is 3. The fourth-order valence-electron chi connectivity index (χ4n) is 4.51. The van der Waals surface area contributed by atoms with Crippen LogP contribution in [0, 0.1) is 19.7 Å². The fourth-order valence-corrected chi connectivity index (χ4v) is 4.51. The van der Waals surface area contributed by atoms with Gasteiger partial charge in [0.15, 0.2) is 0 Å². The summed E-state index contributed by atoms with van der Waals surface area (Å²) in [5.41, 5.74) is 8.72. The topological polar surface area (TPSA) is 52.6 Å². The minimum absolute atomic E-state index is 0.0740. The standard InChI is InChI=1S/C27H29FN2O2/c1-18-6-3-4-8-25(18)30-15-5-7-21-9-10-22(19(2)27(21)30)17-29-23-13-11-20(24(28)16-23)12-14-26(31)32/h3-4,6,8-11,13,16,29H,5,7,12,14-15,17H2,1-2H3,(H,31,32). The summed E-state index contributed by atoms with van der Waals surface area (Å²) < 4.78 is 14.4. The van der Waals surface area contributed by atoms with Crippen molar-refractivity contribution in [3.63, 3.8) is 0 Å². The summed E-state index contributed by atoms with van der Waals surface area (Å²) in [5.74, 6) is -1.29. The Balaban J connectivity index is 1.55. The van der Waals surface area contributed by atoms with E-state index in [0.717, 1.165) is 19.4 Å². The molecule has 0 saturated heterocycles. The quantitative estimate of drug-likeness (QED) is 0.470. The third kappa shape index (κ3) is 4.62. The van der Waals surface area contributed by atoms with Crippen LogP contribution in [0.5, 0.6) is 0 Å². The third-order valence-corrected chi connectivity index (χ3v) is 6.27. The molecule has 0 aromatic heterocycles. The first-order valence-corrected chi connectivity index (χ1v) is 11.1. The first kappa shape index (κ1) is 21.9. The maximum atomic E-state index is 14.4. The van der Waals surface area contributed by atoms with Crippen LogP contribution >= 0.6 is 0 Å². The predicted molar refractivity (Wildman–Crippen MR) is 127 cm³/mol. The van der Waals surface area contributed by atoms with E-state index in [4.69, 9.17) is 5.11 Å². The van der Waals surface area contributed by atoms with E-state index in [0.29, 0.717) is 17.8 Å². The number of hydrogen-bond acceptors (Lipinski definition) is 3. The Morgan fingerprint density at radius 2 is 1.88 bits per heavy atom. The molecule has 1 aliphatic rings. The van der Waals surface area contributed by atoms with Gasteiger partial charge in [-0.1, -0.05) is 36.4 Å². The van der Waals surface area contributed by atoms with E-state index >= 15 is 0 Å². The molecule has 0 radical (unpaired) electrons. The Labute approximate surface area is 188 Å². The molecule has 0 bridgehead atoms. The number of anilines is 3. The summed E-state index contributed by atoms with van der Waals surface area (Å²) in [6.45, 7) is 5.91. The number of carboxylic acids is 1. The van der Waals surface area contributed by atoms with E-state index in [-0.39, 0.29) is 18.7 Å². The SMILES string of the molecule is Cc1ccccc1N1CCCc2ccc(CNc3ccc(CCC(=O)O)c(F)c3)c(C)c21. The van der Waals surface area contributed by atoms with Crippen molar-refractivity contribution in [2.24, 2.45) is 0 Å². The molecule has 5 heteroatoms. The molecule has 2 N–H and O–H groups in total. The van der Waals surface area contributed by atoms with Gasteiger partial charge in [-0.15, -0.1) is 0 Å². The van der Waals surface area contributed by atoms with Crippen molar-refractivity contribution in [2.75, 3.05) is 16.8 Å². The lowest BCUT2D eigenvalue weighted by atomic mass is 9.93. The number of para-hydroxylation sites is 1. The summed E-state index contributed by atoms with van der Waals surface area (Å²) in [7, 11) is 0. The van der Waals surface area contributed by atoms with Crippen molar-refractivity contribution >= 4 is 23.0 Å². The van der Waals surface area contributed by atoms with Crippen molar-refractivity contribution in [3.05, 3.63) is 88.2 Å². The average molecular weight is 433 g/mol. The van der Waals surface area contributed by atoms with Crippen molar-refractivity contribution in [1.29, 1.82) is 0 Å². The van der Waals surface area contributed by atoms with Crippen molar-refractivity contribution in [3.8, 4) is 0 Å². The van der Waals surface area contributed by atoms with E-state index in [1.165, 1.54) is 39.7 Å². The molecule has 1 aliphatic heterocycles. The van der Waals surface area contributed by atoms with Gasteiger partial charge < -0.3 is 15.3 Å². The van der Waals surface area contributed by atoms with Crippen LogP contribution in [0.2, 0.25) is 0 Å². The van der Waals surface area contributed by atoms with Crippen molar-refractivity contribution < 1.29 is 14.3 Å². The number of benzene rings is 3. The monoisotopic (exact) mass is 432 g/mol. The lowest BCUT2D eigenvalue weighted by Crippen LogP contribution is -2.26. The molecule has 3 aromatic rings. The number of carbonyl (C=O) groups is 1. The van der Waals surface area contributed by atoms with Gasteiger partial charge in [0.1, 0.15) is 5.82 Å². The van der Waals surface area contributed by atoms with Crippen molar-refractivity contribution in [1.82, 2.24) is 0 Å². The Hall–Kier alpha value is -3.34. The summed E-state index contributed by atoms with van der Waals surface area (Å²) in [6, 6.07) is 17.8. The summed E-state index contributed by atoms with van der Waals surface area (Å²) in [4.78, 5) is 13.2. The molecule has 0 aliphatic carbocycles. The van der Waals surface area contributed by atoms with E-state index in [1.807, 2.05) is 6.07 Å². The molecule has 0 atom stereocenters. The molecule has 4 rings (SSSR count). The minimum Gasteiger partial charge on any atom is -0.481 e. The number of aliphatic carboxylic acids is 1.